The molecule has 1 nitrogen and oxygen atoms in total. The van der Waals surface area contributed by atoms with Crippen LogP contribution in [0.5, 0.6) is 0 Å². The number of rotatable bonds is 0. The molecule has 0 saturated carbocycles. The summed E-state index contributed by atoms with van der Waals surface area (Å²) in [6.07, 6.45) is 4.48. The first-order valence-corrected chi connectivity index (χ1v) is 3.71. The lowest BCUT2D eigenvalue weighted by Crippen LogP contribution is -2.27. The van der Waals surface area contributed by atoms with Gasteiger partial charge in [0.15, 0.2) is 0 Å². The van der Waals surface area contributed by atoms with Crippen LogP contribution in [0.4, 0.5) is 0 Å². The van der Waals surface area contributed by atoms with Gasteiger partial charge in [-0.2, -0.15) is 0 Å². The number of hydrogen-bond acceptors (Lipinski definition) is 1. The maximum absolute atomic E-state index is 2.27. The van der Waals surface area contributed by atoms with Crippen LogP contribution in [0.1, 0.15) is 20.8 Å². The highest BCUT2D eigenvalue weighted by atomic mass is 79.9. The molecule has 1 rings (SSSR count). The van der Waals surface area contributed by atoms with Crippen molar-refractivity contribution in [1.29, 1.82) is 0 Å². The Bertz CT molecular complexity index is 194. The summed E-state index contributed by atoms with van der Waals surface area (Å²) in [4.78, 5) is 2.27. The second-order valence-electron chi connectivity index (χ2n) is 3.05. The topological polar surface area (TPSA) is 3.24 Å². The third kappa shape index (κ3) is 2.37. The molecular formula is C9H16BrN. The van der Waals surface area contributed by atoms with Crippen LogP contribution in [-0.2, 0) is 0 Å². The van der Waals surface area contributed by atoms with Crippen LogP contribution in [0, 0.1) is 0 Å². The Labute approximate surface area is 79.5 Å². The van der Waals surface area contributed by atoms with Crippen molar-refractivity contribution in [2.45, 2.75) is 26.8 Å². The van der Waals surface area contributed by atoms with Crippen LogP contribution in [0.2, 0.25) is 0 Å². The molecule has 0 saturated heterocycles. The minimum atomic E-state index is 0. The van der Waals surface area contributed by atoms with Crippen LogP contribution < -0.4 is 0 Å². The van der Waals surface area contributed by atoms with Gasteiger partial charge >= 0.3 is 0 Å². The highest BCUT2D eigenvalue weighted by Crippen LogP contribution is 2.16. The summed E-state index contributed by atoms with van der Waals surface area (Å²) in [7, 11) is 2.12. The van der Waals surface area contributed by atoms with E-state index in [-0.39, 0.29) is 17.0 Å². The molecule has 0 aromatic carbocycles. The lowest BCUT2D eigenvalue weighted by atomic mass is 10.1. The van der Waals surface area contributed by atoms with Gasteiger partial charge in [0.1, 0.15) is 0 Å². The first-order chi connectivity index (χ1) is 4.61. The summed E-state index contributed by atoms with van der Waals surface area (Å²) < 4.78 is 0. The molecule has 11 heavy (non-hydrogen) atoms. The first-order valence-electron chi connectivity index (χ1n) is 3.71. The molecule has 2 heteroatoms. The van der Waals surface area contributed by atoms with Crippen LogP contribution in [0.25, 0.3) is 0 Å². The average molecular weight is 218 g/mol. The molecule has 0 N–H and O–H groups in total. The first kappa shape index (κ1) is 10.8. The van der Waals surface area contributed by atoms with Gasteiger partial charge in [-0.3, -0.25) is 0 Å². The highest BCUT2D eigenvalue weighted by molar-refractivity contribution is 8.93. The Morgan fingerprint density at radius 2 is 1.91 bits per heavy atom. The summed E-state index contributed by atoms with van der Waals surface area (Å²) in [5.74, 6) is 0. The van der Waals surface area contributed by atoms with E-state index >= 15 is 0 Å². The monoisotopic (exact) mass is 217 g/mol. The van der Waals surface area contributed by atoms with Crippen molar-refractivity contribution in [3.8, 4) is 0 Å². The molecule has 1 aliphatic heterocycles. The van der Waals surface area contributed by atoms with Gasteiger partial charge in [-0.15, -0.1) is 17.0 Å². The zero-order chi connectivity index (χ0) is 7.72. The van der Waals surface area contributed by atoms with E-state index in [2.05, 4.69) is 44.9 Å². The van der Waals surface area contributed by atoms with Crippen molar-refractivity contribution in [2.24, 2.45) is 0 Å². The molecule has 0 aromatic rings. The average Bonchev–Trinajstić information content (AvgIpc) is 1.82. The molecule has 1 atom stereocenters. The Hall–Kier alpha value is -0.240. The van der Waals surface area contributed by atoms with Crippen molar-refractivity contribution in [1.82, 2.24) is 4.90 Å². The van der Waals surface area contributed by atoms with Gasteiger partial charge in [0.05, 0.1) is 0 Å². The van der Waals surface area contributed by atoms with Crippen LogP contribution in [-0.4, -0.2) is 18.0 Å². The lowest BCUT2D eigenvalue weighted by molar-refractivity contribution is 0.367. The minimum absolute atomic E-state index is 0. The Morgan fingerprint density at radius 1 is 1.36 bits per heavy atom. The van der Waals surface area contributed by atoms with Gasteiger partial charge in [0.25, 0.3) is 0 Å². The molecule has 0 fully saturated rings. The maximum atomic E-state index is 2.27. The maximum Gasteiger partial charge on any atom is 0.0444 e. The molecule has 1 heterocycles. The number of likely N-dealkylation sites (N-methyl/N-ethyl adjacent to an activating group) is 1. The largest absolute Gasteiger partial charge is 0.372 e. The van der Waals surface area contributed by atoms with Crippen molar-refractivity contribution >= 4 is 17.0 Å². The fourth-order valence-corrected chi connectivity index (χ4v) is 1.29. The molecule has 1 unspecified atom stereocenters. The van der Waals surface area contributed by atoms with Crippen LogP contribution in [0.15, 0.2) is 23.4 Å². The van der Waals surface area contributed by atoms with E-state index < -0.39 is 0 Å². The second kappa shape index (κ2) is 3.96. The fraction of sp³-hybridized carbons (Fsp3) is 0.556. The molecule has 0 aliphatic carbocycles. The van der Waals surface area contributed by atoms with Gasteiger partial charge in [-0.05, 0) is 26.8 Å². The van der Waals surface area contributed by atoms with E-state index in [0.717, 1.165) is 0 Å². The smallest absolute Gasteiger partial charge is 0.0444 e. The van der Waals surface area contributed by atoms with E-state index in [0.29, 0.717) is 6.04 Å². The SMILES string of the molecule is Br.CC1=CC(C)N(C)C(C)=C1. The van der Waals surface area contributed by atoms with Crippen molar-refractivity contribution in [3.63, 3.8) is 0 Å². The van der Waals surface area contributed by atoms with Crippen LogP contribution in [0.3, 0.4) is 0 Å². The van der Waals surface area contributed by atoms with Gasteiger partial charge < -0.3 is 4.90 Å². The predicted molar refractivity (Wildman–Crippen MR) is 55.1 cm³/mol. The summed E-state index contributed by atoms with van der Waals surface area (Å²) in [5.41, 5.74) is 2.73. The standard InChI is InChI=1S/C9H15N.BrH/c1-7-5-8(2)10(4)9(3)6-7;/h5-6,8H,1-4H3;1H. The lowest BCUT2D eigenvalue weighted by Gasteiger charge is -2.29. The molecule has 0 amide bonds. The summed E-state index contributed by atoms with van der Waals surface area (Å²) in [6, 6.07) is 0.560. The second-order valence-corrected chi connectivity index (χ2v) is 3.05. The number of allylic oxidation sites excluding steroid dienone is 3. The summed E-state index contributed by atoms with van der Waals surface area (Å²) in [5, 5.41) is 0. The molecule has 64 valence electrons. The third-order valence-electron chi connectivity index (χ3n) is 2.11. The van der Waals surface area contributed by atoms with Gasteiger partial charge in [0.2, 0.25) is 0 Å². The highest BCUT2D eigenvalue weighted by Gasteiger charge is 2.10. The van der Waals surface area contributed by atoms with E-state index in [1.54, 1.807) is 0 Å². The van der Waals surface area contributed by atoms with Gasteiger partial charge in [-0.1, -0.05) is 11.6 Å². The van der Waals surface area contributed by atoms with E-state index in [9.17, 15) is 0 Å². The zero-order valence-corrected chi connectivity index (χ0v) is 9.30. The van der Waals surface area contributed by atoms with E-state index in [1.807, 2.05) is 0 Å². The van der Waals surface area contributed by atoms with Crippen LogP contribution >= 0.6 is 17.0 Å². The summed E-state index contributed by atoms with van der Waals surface area (Å²) >= 11 is 0. The molecule has 1 aliphatic rings. The quantitative estimate of drug-likeness (QED) is 0.604. The van der Waals surface area contributed by atoms with Crippen molar-refractivity contribution in [3.05, 3.63) is 23.4 Å². The van der Waals surface area contributed by atoms with E-state index in [4.69, 9.17) is 0 Å². The molecular weight excluding hydrogens is 202 g/mol. The Morgan fingerprint density at radius 3 is 2.36 bits per heavy atom. The third-order valence-corrected chi connectivity index (χ3v) is 2.11. The molecule has 0 bridgehead atoms. The zero-order valence-electron chi connectivity index (χ0n) is 7.59. The fourth-order valence-electron chi connectivity index (χ4n) is 1.29. The van der Waals surface area contributed by atoms with Gasteiger partial charge in [0, 0.05) is 18.8 Å². The number of halogens is 1. The minimum Gasteiger partial charge on any atom is -0.372 e. The Balaban J connectivity index is 0.000001000. The summed E-state index contributed by atoms with van der Waals surface area (Å²) in [6.45, 7) is 6.50. The molecule has 0 radical (unpaired) electrons. The molecule has 0 aromatic heterocycles. The van der Waals surface area contributed by atoms with E-state index in [1.165, 1.54) is 11.3 Å². The number of hydrogen-bond donors (Lipinski definition) is 0. The van der Waals surface area contributed by atoms with Crippen molar-refractivity contribution < 1.29 is 0 Å². The Kier molecular flexibility index (Phi) is 3.87. The van der Waals surface area contributed by atoms with Gasteiger partial charge in [-0.25, -0.2) is 0 Å². The molecule has 0 spiro atoms. The van der Waals surface area contributed by atoms with Crippen molar-refractivity contribution in [2.75, 3.05) is 7.05 Å². The number of nitrogens with zero attached hydrogens (tertiary/aromatic N) is 1. The predicted octanol–water partition coefficient (Wildman–Crippen LogP) is 2.75. The normalized spacial score (nSPS) is 23.6.